The second-order valence-corrected chi connectivity index (χ2v) is 2.20. The third-order valence-corrected chi connectivity index (χ3v) is 1.57. The topological polar surface area (TPSA) is 43.1 Å². The van der Waals surface area contributed by atoms with Crippen molar-refractivity contribution in [1.29, 1.82) is 0 Å². The van der Waals surface area contributed by atoms with E-state index < -0.39 is 0 Å². The molecule has 1 radical (unpaired) electrons. The number of primary amides is 1. The summed E-state index contributed by atoms with van der Waals surface area (Å²) in [5.74, 6) is 0.00810. The molecule has 1 atom stereocenters. The minimum absolute atomic E-state index is 0.140. The Morgan fingerprint density at radius 2 is 2.50 bits per heavy atom. The van der Waals surface area contributed by atoms with Crippen LogP contribution in [0.15, 0.2) is 0 Å². The number of nitrogens with two attached hydrogens (primary N) is 1. The molecule has 0 aromatic heterocycles. The number of carbonyl (C=O) groups is 1. The lowest BCUT2D eigenvalue weighted by atomic mass is 10.1. The van der Waals surface area contributed by atoms with Crippen molar-refractivity contribution in [3.63, 3.8) is 0 Å². The van der Waals surface area contributed by atoms with Crippen LogP contribution in [0.2, 0.25) is 0 Å². The summed E-state index contributed by atoms with van der Waals surface area (Å²) in [5, 5.41) is 0. The van der Waals surface area contributed by atoms with Gasteiger partial charge in [0, 0.05) is 5.92 Å². The molecule has 0 aliphatic heterocycles. The summed E-state index contributed by atoms with van der Waals surface area (Å²) in [6, 6.07) is 0. The molecule has 1 unspecified atom stereocenters. The highest BCUT2D eigenvalue weighted by Gasteiger charge is 2.19. The van der Waals surface area contributed by atoms with Gasteiger partial charge in [0.2, 0.25) is 5.91 Å². The Morgan fingerprint density at radius 1 is 1.75 bits per heavy atom. The van der Waals surface area contributed by atoms with E-state index in [2.05, 4.69) is 6.42 Å². The second kappa shape index (κ2) is 2.16. The summed E-state index contributed by atoms with van der Waals surface area (Å²) in [7, 11) is 0. The molecule has 1 saturated carbocycles. The first-order valence-electron chi connectivity index (χ1n) is 2.91. The van der Waals surface area contributed by atoms with Crippen molar-refractivity contribution in [2.75, 3.05) is 0 Å². The molecule has 0 saturated heterocycles. The molecular formula is C6H10NO. The molecule has 0 bridgehead atoms. The monoisotopic (exact) mass is 112 g/mol. The first-order chi connectivity index (χ1) is 3.80. The van der Waals surface area contributed by atoms with Gasteiger partial charge < -0.3 is 5.73 Å². The van der Waals surface area contributed by atoms with Gasteiger partial charge >= 0.3 is 0 Å². The van der Waals surface area contributed by atoms with E-state index in [1.165, 1.54) is 0 Å². The van der Waals surface area contributed by atoms with Gasteiger partial charge in [0.25, 0.3) is 0 Å². The molecule has 2 heteroatoms. The molecule has 0 aromatic rings. The Morgan fingerprint density at radius 3 is 2.75 bits per heavy atom. The largest absolute Gasteiger partial charge is 0.369 e. The SMILES string of the molecule is NC(=O)C1C[CH]CC1. The van der Waals surface area contributed by atoms with Crippen LogP contribution in [0.4, 0.5) is 0 Å². The molecule has 1 rings (SSSR count). The van der Waals surface area contributed by atoms with E-state index >= 15 is 0 Å². The van der Waals surface area contributed by atoms with Crippen molar-refractivity contribution in [3.8, 4) is 0 Å². The molecule has 0 spiro atoms. The molecule has 45 valence electrons. The summed E-state index contributed by atoms with van der Waals surface area (Å²) in [4.78, 5) is 10.4. The Hall–Kier alpha value is -0.530. The van der Waals surface area contributed by atoms with Crippen LogP contribution in [0, 0.1) is 12.3 Å². The first kappa shape index (κ1) is 5.60. The maximum absolute atomic E-state index is 10.4. The van der Waals surface area contributed by atoms with Crippen molar-refractivity contribution in [2.45, 2.75) is 19.3 Å². The van der Waals surface area contributed by atoms with Gasteiger partial charge in [-0.1, -0.05) is 0 Å². The van der Waals surface area contributed by atoms with Crippen LogP contribution in [0.25, 0.3) is 0 Å². The molecule has 1 aliphatic rings. The molecule has 1 fully saturated rings. The zero-order valence-electron chi connectivity index (χ0n) is 4.76. The van der Waals surface area contributed by atoms with Crippen molar-refractivity contribution in [3.05, 3.63) is 6.42 Å². The second-order valence-electron chi connectivity index (χ2n) is 2.20. The highest BCUT2D eigenvalue weighted by Crippen LogP contribution is 2.22. The Labute approximate surface area is 49.1 Å². The van der Waals surface area contributed by atoms with Crippen LogP contribution in [0.1, 0.15) is 19.3 Å². The van der Waals surface area contributed by atoms with Crippen LogP contribution >= 0.6 is 0 Å². The smallest absolute Gasteiger partial charge is 0.220 e. The van der Waals surface area contributed by atoms with E-state index in [1.807, 2.05) is 0 Å². The Kier molecular flexibility index (Phi) is 1.51. The van der Waals surface area contributed by atoms with Crippen molar-refractivity contribution >= 4 is 5.91 Å². The van der Waals surface area contributed by atoms with Gasteiger partial charge in [0.15, 0.2) is 0 Å². The average molecular weight is 112 g/mol. The summed E-state index contributed by atoms with van der Waals surface area (Å²) in [6.45, 7) is 0. The van der Waals surface area contributed by atoms with Crippen LogP contribution < -0.4 is 5.73 Å². The van der Waals surface area contributed by atoms with Crippen LogP contribution in [-0.4, -0.2) is 5.91 Å². The van der Waals surface area contributed by atoms with Crippen molar-refractivity contribution in [1.82, 2.24) is 0 Å². The van der Waals surface area contributed by atoms with E-state index in [-0.39, 0.29) is 11.8 Å². The maximum atomic E-state index is 10.4. The fraction of sp³-hybridized carbons (Fsp3) is 0.667. The minimum Gasteiger partial charge on any atom is -0.369 e. The lowest BCUT2D eigenvalue weighted by Crippen LogP contribution is -2.19. The van der Waals surface area contributed by atoms with Gasteiger partial charge in [0.05, 0.1) is 0 Å². The lowest BCUT2D eigenvalue weighted by molar-refractivity contribution is -0.121. The summed E-state index contributed by atoms with van der Waals surface area (Å²) < 4.78 is 0. The molecule has 0 heterocycles. The quantitative estimate of drug-likeness (QED) is 0.526. The van der Waals surface area contributed by atoms with Gasteiger partial charge in [-0.05, 0) is 25.7 Å². The Balaban J connectivity index is 2.35. The molecular weight excluding hydrogens is 102 g/mol. The van der Waals surface area contributed by atoms with Crippen LogP contribution in [0.3, 0.4) is 0 Å². The third kappa shape index (κ3) is 0.997. The van der Waals surface area contributed by atoms with Crippen LogP contribution in [0.5, 0.6) is 0 Å². The van der Waals surface area contributed by atoms with Crippen LogP contribution in [-0.2, 0) is 4.79 Å². The summed E-state index contributed by atoms with van der Waals surface area (Å²) in [6.07, 6.45) is 5.05. The predicted octanol–water partition coefficient (Wildman–Crippen LogP) is 0.476. The van der Waals surface area contributed by atoms with E-state index in [1.54, 1.807) is 0 Å². The molecule has 2 N–H and O–H groups in total. The van der Waals surface area contributed by atoms with E-state index in [4.69, 9.17) is 5.73 Å². The van der Waals surface area contributed by atoms with Gasteiger partial charge in [0.1, 0.15) is 0 Å². The summed E-state index contributed by atoms with van der Waals surface area (Å²) in [5.41, 5.74) is 5.04. The number of amides is 1. The zero-order valence-corrected chi connectivity index (χ0v) is 4.76. The number of hydrogen-bond donors (Lipinski definition) is 1. The van der Waals surface area contributed by atoms with Crippen molar-refractivity contribution < 1.29 is 4.79 Å². The fourth-order valence-electron chi connectivity index (χ4n) is 1.01. The van der Waals surface area contributed by atoms with Gasteiger partial charge in [-0.25, -0.2) is 0 Å². The molecule has 1 aliphatic carbocycles. The first-order valence-corrected chi connectivity index (χ1v) is 2.91. The standard InChI is InChI=1S/C6H10NO/c7-6(8)5-3-1-2-4-5/h1,5H,2-4H2,(H2,7,8). The molecule has 8 heavy (non-hydrogen) atoms. The number of carbonyl (C=O) groups excluding carboxylic acids is 1. The van der Waals surface area contributed by atoms with Crippen molar-refractivity contribution in [2.24, 2.45) is 11.7 Å². The van der Waals surface area contributed by atoms with E-state index in [0.717, 1.165) is 19.3 Å². The fourth-order valence-corrected chi connectivity index (χ4v) is 1.01. The van der Waals surface area contributed by atoms with E-state index in [0.29, 0.717) is 0 Å². The zero-order chi connectivity index (χ0) is 5.98. The average Bonchev–Trinajstić information content (AvgIpc) is 2.12. The molecule has 0 aromatic carbocycles. The summed E-state index contributed by atoms with van der Waals surface area (Å²) >= 11 is 0. The maximum Gasteiger partial charge on any atom is 0.220 e. The number of hydrogen-bond acceptors (Lipinski definition) is 1. The van der Waals surface area contributed by atoms with Gasteiger partial charge in [-0.15, -0.1) is 0 Å². The highest BCUT2D eigenvalue weighted by atomic mass is 16.1. The van der Waals surface area contributed by atoms with E-state index in [9.17, 15) is 4.79 Å². The highest BCUT2D eigenvalue weighted by molar-refractivity contribution is 5.77. The normalized spacial score (nSPS) is 21.5. The Bertz CT molecular complexity index is 94.7. The van der Waals surface area contributed by atoms with Gasteiger partial charge in [-0.2, -0.15) is 0 Å². The third-order valence-electron chi connectivity index (χ3n) is 1.57. The number of rotatable bonds is 1. The lowest BCUT2D eigenvalue weighted by Gasteiger charge is -1.98. The molecule has 1 amide bonds. The molecule has 2 nitrogen and oxygen atoms in total. The van der Waals surface area contributed by atoms with Gasteiger partial charge in [-0.3, -0.25) is 4.79 Å². The predicted molar refractivity (Wildman–Crippen MR) is 30.8 cm³/mol. The minimum atomic E-state index is -0.140.